The maximum absolute atomic E-state index is 13.3. The Kier molecular flexibility index (Phi) is 4.42. The van der Waals surface area contributed by atoms with E-state index in [1.807, 2.05) is 0 Å². The van der Waals surface area contributed by atoms with Crippen LogP contribution in [0.3, 0.4) is 0 Å². The monoisotopic (exact) mass is 393 g/mol. The van der Waals surface area contributed by atoms with Gasteiger partial charge in [0.25, 0.3) is 0 Å². The van der Waals surface area contributed by atoms with Crippen molar-refractivity contribution in [3.05, 3.63) is 23.1 Å². The van der Waals surface area contributed by atoms with Gasteiger partial charge in [-0.25, -0.2) is 13.4 Å². The van der Waals surface area contributed by atoms with Crippen molar-refractivity contribution < 1.29 is 12.9 Å². The summed E-state index contributed by atoms with van der Waals surface area (Å²) >= 11 is 0. The van der Waals surface area contributed by atoms with Gasteiger partial charge in [0.1, 0.15) is 16.4 Å². The number of hydrogen-bond donors (Lipinski definition) is 1. The standard InChI is InChI=1S/C18H27N5O3S/c1-11(2)16-19-17(21-20-16)14-9-23(10-18(14)7-5-6-8-18)27(24,25)15-12(3)22-26-13(15)4/h11,14H,5-10H2,1-4H3,(H,19,20,21). The fourth-order valence-corrected chi connectivity index (χ4v) is 6.58. The summed E-state index contributed by atoms with van der Waals surface area (Å²) in [6.45, 7) is 8.37. The number of rotatable bonds is 4. The third-order valence-electron chi connectivity index (χ3n) is 6.15. The van der Waals surface area contributed by atoms with Gasteiger partial charge in [0.05, 0.1) is 0 Å². The third kappa shape index (κ3) is 2.91. The lowest BCUT2D eigenvalue weighted by atomic mass is 9.76. The van der Waals surface area contributed by atoms with E-state index in [9.17, 15) is 8.42 Å². The van der Waals surface area contributed by atoms with E-state index < -0.39 is 10.0 Å². The molecule has 1 aliphatic heterocycles. The average molecular weight is 394 g/mol. The molecule has 1 saturated heterocycles. The molecule has 2 aliphatic rings. The Morgan fingerprint density at radius 3 is 2.52 bits per heavy atom. The van der Waals surface area contributed by atoms with Crippen LogP contribution in [0.25, 0.3) is 0 Å². The van der Waals surface area contributed by atoms with Crippen molar-refractivity contribution >= 4 is 10.0 Å². The van der Waals surface area contributed by atoms with E-state index in [4.69, 9.17) is 9.51 Å². The molecule has 2 aromatic heterocycles. The minimum absolute atomic E-state index is 0.0373. The molecule has 3 heterocycles. The lowest BCUT2D eigenvalue weighted by molar-refractivity contribution is 0.277. The summed E-state index contributed by atoms with van der Waals surface area (Å²) in [7, 11) is -3.66. The molecule has 2 fully saturated rings. The summed E-state index contributed by atoms with van der Waals surface area (Å²) in [6.07, 6.45) is 4.29. The van der Waals surface area contributed by atoms with Gasteiger partial charge in [-0.3, -0.25) is 5.10 Å². The van der Waals surface area contributed by atoms with Gasteiger partial charge in [-0.05, 0) is 32.1 Å². The molecular formula is C18H27N5O3S. The van der Waals surface area contributed by atoms with E-state index in [-0.39, 0.29) is 22.1 Å². The van der Waals surface area contributed by atoms with Gasteiger partial charge >= 0.3 is 0 Å². The SMILES string of the molecule is Cc1noc(C)c1S(=O)(=O)N1CC(c2nc(C(C)C)n[nH]2)C2(CCCC2)C1. The number of aryl methyl sites for hydroxylation is 2. The highest BCUT2D eigenvalue weighted by atomic mass is 32.2. The molecule has 8 nitrogen and oxygen atoms in total. The highest BCUT2D eigenvalue weighted by Gasteiger charge is 2.53. The van der Waals surface area contributed by atoms with E-state index in [0.717, 1.165) is 37.3 Å². The second kappa shape index (κ2) is 6.41. The van der Waals surface area contributed by atoms with Crippen LogP contribution in [0.1, 0.15) is 74.5 Å². The van der Waals surface area contributed by atoms with Crippen LogP contribution in [0, 0.1) is 19.3 Å². The van der Waals surface area contributed by atoms with Gasteiger partial charge < -0.3 is 4.52 Å². The first-order valence-corrected chi connectivity index (χ1v) is 11.0. The van der Waals surface area contributed by atoms with Gasteiger partial charge in [0.15, 0.2) is 11.6 Å². The maximum Gasteiger partial charge on any atom is 0.248 e. The maximum atomic E-state index is 13.3. The van der Waals surface area contributed by atoms with E-state index in [1.165, 1.54) is 0 Å². The van der Waals surface area contributed by atoms with Gasteiger partial charge in [0.2, 0.25) is 10.0 Å². The lowest BCUT2D eigenvalue weighted by Gasteiger charge is -2.28. The predicted molar refractivity (Wildman–Crippen MR) is 98.8 cm³/mol. The van der Waals surface area contributed by atoms with Crippen LogP contribution in [0.5, 0.6) is 0 Å². The van der Waals surface area contributed by atoms with Crippen LogP contribution < -0.4 is 0 Å². The number of hydrogen-bond acceptors (Lipinski definition) is 6. The molecule has 2 aromatic rings. The number of sulfonamides is 1. The van der Waals surface area contributed by atoms with E-state index in [0.29, 0.717) is 24.5 Å². The molecule has 0 amide bonds. The second-order valence-corrected chi connectivity index (χ2v) is 10.2. The number of nitrogens with zero attached hydrogens (tertiary/aromatic N) is 4. The normalized spacial score (nSPS) is 23.1. The fraction of sp³-hybridized carbons (Fsp3) is 0.722. The summed E-state index contributed by atoms with van der Waals surface area (Å²) < 4.78 is 33.4. The molecule has 148 valence electrons. The minimum Gasteiger partial charge on any atom is -0.360 e. The Bertz CT molecular complexity index is 921. The highest BCUT2D eigenvalue weighted by molar-refractivity contribution is 7.89. The Hall–Kier alpha value is -1.74. The van der Waals surface area contributed by atoms with Gasteiger partial charge in [0, 0.05) is 24.9 Å². The zero-order chi connectivity index (χ0) is 19.4. The minimum atomic E-state index is -3.66. The van der Waals surface area contributed by atoms with Crippen LogP contribution in [-0.2, 0) is 10.0 Å². The molecule has 0 bridgehead atoms. The third-order valence-corrected chi connectivity index (χ3v) is 8.20. The molecule has 27 heavy (non-hydrogen) atoms. The molecule has 1 saturated carbocycles. The van der Waals surface area contributed by atoms with Crippen LogP contribution in [0.2, 0.25) is 0 Å². The second-order valence-electron chi connectivity index (χ2n) is 8.31. The van der Waals surface area contributed by atoms with Crippen molar-refractivity contribution in [2.24, 2.45) is 5.41 Å². The topological polar surface area (TPSA) is 105 Å². The predicted octanol–water partition coefficient (Wildman–Crippen LogP) is 2.88. The molecule has 1 atom stereocenters. The zero-order valence-electron chi connectivity index (χ0n) is 16.3. The first-order chi connectivity index (χ1) is 12.7. The van der Waals surface area contributed by atoms with Crippen molar-refractivity contribution in [3.63, 3.8) is 0 Å². The Labute approximate surface area is 159 Å². The molecule has 1 N–H and O–H groups in total. The summed E-state index contributed by atoms with van der Waals surface area (Å²) in [5, 5.41) is 11.3. The Balaban J connectivity index is 1.71. The molecule has 1 spiro atoms. The van der Waals surface area contributed by atoms with Crippen molar-refractivity contribution in [2.45, 2.75) is 70.1 Å². The molecular weight excluding hydrogens is 366 g/mol. The summed E-state index contributed by atoms with van der Waals surface area (Å²) in [4.78, 5) is 4.91. The van der Waals surface area contributed by atoms with Crippen molar-refractivity contribution in [1.29, 1.82) is 0 Å². The summed E-state index contributed by atoms with van der Waals surface area (Å²) in [6, 6.07) is 0. The largest absolute Gasteiger partial charge is 0.360 e. The molecule has 0 radical (unpaired) electrons. The van der Waals surface area contributed by atoms with E-state index in [2.05, 4.69) is 29.2 Å². The van der Waals surface area contributed by atoms with E-state index >= 15 is 0 Å². The molecule has 0 aromatic carbocycles. The van der Waals surface area contributed by atoms with Crippen LogP contribution in [-0.4, -0.2) is 46.2 Å². The highest BCUT2D eigenvalue weighted by Crippen LogP contribution is 2.53. The number of H-pyrrole nitrogens is 1. The molecule has 1 unspecified atom stereocenters. The van der Waals surface area contributed by atoms with Gasteiger partial charge in [-0.15, -0.1) is 0 Å². The quantitative estimate of drug-likeness (QED) is 0.856. The van der Waals surface area contributed by atoms with Crippen LogP contribution >= 0.6 is 0 Å². The van der Waals surface area contributed by atoms with Gasteiger partial charge in [-0.2, -0.15) is 9.40 Å². The smallest absolute Gasteiger partial charge is 0.248 e. The average Bonchev–Trinajstić information content (AvgIpc) is 3.36. The lowest BCUT2D eigenvalue weighted by Crippen LogP contribution is -2.32. The molecule has 9 heteroatoms. The fourth-order valence-electron chi connectivity index (χ4n) is 4.74. The van der Waals surface area contributed by atoms with E-state index in [1.54, 1.807) is 18.2 Å². The number of aromatic amines is 1. The first-order valence-electron chi connectivity index (χ1n) is 9.60. The zero-order valence-corrected chi connectivity index (χ0v) is 17.1. The van der Waals surface area contributed by atoms with Crippen molar-refractivity contribution in [1.82, 2.24) is 24.6 Å². The number of nitrogens with one attached hydrogen (secondary N) is 1. The number of aromatic nitrogens is 4. The summed E-state index contributed by atoms with van der Waals surface area (Å²) in [5.74, 6) is 2.22. The van der Waals surface area contributed by atoms with Crippen LogP contribution in [0.15, 0.2) is 9.42 Å². The van der Waals surface area contributed by atoms with Crippen LogP contribution in [0.4, 0.5) is 0 Å². The molecule has 1 aliphatic carbocycles. The van der Waals surface area contributed by atoms with Gasteiger partial charge in [-0.1, -0.05) is 31.8 Å². The van der Waals surface area contributed by atoms with Crippen molar-refractivity contribution in [3.8, 4) is 0 Å². The molecule has 4 rings (SSSR count). The van der Waals surface area contributed by atoms with Crippen molar-refractivity contribution in [2.75, 3.05) is 13.1 Å². The Morgan fingerprint density at radius 2 is 1.96 bits per heavy atom. The first kappa shape index (κ1) is 18.6. The Morgan fingerprint density at radius 1 is 1.26 bits per heavy atom. The summed E-state index contributed by atoms with van der Waals surface area (Å²) in [5.41, 5.74) is 0.345.